The van der Waals surface area contributed by atoms with E-state index < -0.39 is 14.9 Å². The van der Waals surface area contributed by atoms with Crippen LogP contribution < -0.4 is 24.8 Å². The number of fused-ring (bicyclic) bond motifs is 1. The maximum atomic E-state index is 6.51. The molecule has 0 spiro atoms. The number of halogens is 4. The third kappa shape index (κ3) is 9.44. The molecular formula is C31H39Cl4Zr2. The van der Waals surface area contributed by atoms with Crippen LogP contribution in [0.1, 0.15) is 61.7 Å². The fourth-order valence-electron chi connectivity index (χ4n) is 4.69. The molecular weight excluding hydrogens is 697 g/mol. The summed E-state index contributed by atoms with van der Waals surface area (Å²) in [6.07, 6.45) is 18.6. The van der Waals surface area contributed by atoms with Crippen molar-refractivity contribution in [3.05, 3.63) is 109 Å². The van der Waals surface area contributed by atoms with Crippen molar-refractivity contribution < 1.29 is 64.4 Å². The molecule has 6 heteroatoms. The van der Waals surface area contributed by atoms with Crippen molar-refractivity contribution in [2.45, 2.75) is 64.5 Å². The molecule has 0 heterocycles. The standard InChI is InChI=1S/C14H18.C9H7.C5H5.3CH3.4ClH.2Zr/c1-9-5-7-13(11(9)3)14-8-6-10(2)12(14)4;1-2-5-9-7-3-6-8(9)4-1;1-2-4-5-3-1;;;;;;;;;/h5-6H,7-8H2,1-4H3;1-7H;1-3H,4H2;3*1H3;4*1H;;/q;;;;;;;;;;2*+2/p-4. The van der Waals surface area contributed by atoms with Crippen molar-refractivity contribution in [1.29, 1.82) is 0 Å². The van der Waals surface area contributed by atoms with Crippen molar-refractivity contribution in [2.24, 2.45) is 0 Å². The van der Waals surface area contributed by atoms with Crippen molar-refractivity contribution in [2.75, 3.05) is 0 Å². The van der Waals surface area contributed by atoms with Crippen LogP contribution in [0.15, 0.2) is 97.4 Å². The molecule has 0 aliphatic heterocycles. The Labute approximate surface area is 257 Å². The van der Waals surface area contributed by atoms with Crippen LogP contribution in [0.25, 0.3) is 6.08 Å². The van der Waals surface area contributed by atoms with Gasteiger partial charge in [0.15, 0.2) is 0 Å². The van der Waals surface area contributed by atoms with E-state index in [2.05, 4.69) is 88.4 Å². The van der Waals surface area contributed by atoms with Gasteiger partial charge in [-0.2, -0.15) is 0 Å². The van der Waals surface area contributed by atoms with Crippen LogP contribution in [0.3, 0.4) is 0 Å². The van der Waals surface area contributed by atoms with Gasteiger partial charge in [0.1, 0.15) is 0 Å². The number of hydrogen-bond acceptors (Lipinski definition) is 0. The molecule has 0 radical (unpaired) electrons. The molecule has 199 valence electrons. The van der Waals surface area contributed by atoms with Gasteiger partial charge in [-0.25, -0.2) is 0 Å². The van der Waals surface area contributed by atoms with Crippen LogP contribution in [0.2, 0.25) is 13.9 Å². The second kappa shape index (κ2) is 12.9. The Kier molecular flexibility index (Phi) is 12.3. The first-order valence-corrected chi connectivity index (χ1v) is 28.9. The van der Waals surface area contributed by atoms with Crippen LogP contribution in [-0.4, -0.2) is 0 Å². The summed E-state index contributed by atoms with van der Waals surface area (Å²) in [4.78, 5) is 0. The quantitative estimate of drug-likeness (QED) is 0.396. The van der Waals surface area contributed by atoms with Crippen LogP contribution in [0.5, 0.6) is 0 Å². The van der Waals surface area contributed by atoms with Gasteiger partial charge in [-0.05, 0) is 62.8 Å². The van der Waals surface area contributed by atoms with Crippen LogP contribution >= 0.6 is 17.0 Å². The second-order valence-corrected chi connectivity index (χ2v) is 51.9. The van der Waals surface area contributed by atoms with Crippen LogP contribution in [0.4, 0.5) is 0 Å². The summed E-state index contributed by atoms with van der Waals surface area (Å²) in [5.74, 6) is 0. The number of allylic oxidation sites excluding steroid dienone is 13. The summed E-state index contributed by atoms with van der Waals surface area (Å²) >= 11 is -2.24. The maximum absolute atomic E-state index is 6.51. The average Bonchev–Trinajstić information content (AvgIpc) is 3.56. The predicted molar refractivity (Wildman–Crippen MR) is 152 cm³/mol. The summed E-state index contributed by atoms with van der Waals surface area (Å²) in [6.45, 7) is 8.94. The van der Waals surface area contributed by atoms with Crippen molar-refractivity contribution in [1.82, 2.24) is 0 Å². The second-order valence-electron chi connectivity index (χ2n) is 11.8. The first-order chi connectivity index (χ1) is 16.1. The normalized spacial score (nSPS) is 21.3. The molecule has 0 saturated carbocycles. The third-order valence-corrected chi connectivity index (χ3v) is 18.4. The molecule has 1 aromatic carbocycles. The van der Waals surface area contributed by atoms with E-state index in [-0.39, 0.29) is 24.8 Å². The molecule has 0 N–H and O–H groups in total. The molecule has 37 heavy (non-hydrogen) atoms. The molecule has 0 amide bonds. The Morgan fingerprint density at radius 2 is 1.32 bits per heavy atom. The molecule has 0 aromatic heterocycles. The van der Waals surface area contributed by atoms with E-state index in [0.717, 1.165) is 19.3 Å². The van der Waals surface area contributed by atoms with E-state index >= 15 is 0 Å². The summed E-state index contributed by atoms with van der Waals surface area (Å²) < 4.78 is 8.05. The van der Waals surface area contributed by atoms with Gasteiger partial charge in [0.25, 0.3) is 0 Å². The van der Waals surface area contributed by atoms with E-state index in [1.165, 1.54) is 36.7 Å². The Morgan fingerprint density at radius 1 is 0.811 bits per heavy atom. The third-order valence-electron chi connectivity index (χ3n) is 7.45. The van der Waals surface area contributed by atoms with E-state index in [1.54, 1.807) is 35.9 Å². The van der Waals surface area contributed by atoms with Crippen LogP contribution in [0, 0.1) is 0 Å². The molecule has 4 aliphatic rings. The van der Waals surface area contributed by atoms with Gasteiger partial charge in [0.2, 0.25) is 0 Å². The number of benzene rings is 1. The van der Waals surface area contributed by atoms with Crippen molar-refractivity contribution in [3.8, 4) is 0 Å². The average molecular weight is 736 g/mol. The molecule has 0 nitrogen and oxygen atoms in total. The van der Waals surface area contributed by atoms with Crippen molar-refractivity contribution >= 4 is 23.1 Å². The Bertz CT molecular complexity index is 1190. The van der Waals surface area contributed by atoms with Gasteiger partial charge < -0.3 is 24.8 Å². The summed E-state index contributed by atoms with van der Waals surface area (Å²) in [7, 11) is 13.0. The number of hydrogen-bond donors (Lipinski definition) is 0. The van der Waals surface area contributed by atoms with E-state index in [0.29, 0.717) is 3.63 Å². The zero-order valence-corrected chi connectivity index (χ0v) is 31.0. The zero-order chi connectivity index (χ0) is 26.1. The molecule has 1 aromatic rings. The minimum absolute atomic E-state index is 0. The molecule has 0 bridgehead atoms. The van der Waals surface area contributed by atoms with Crippen LogP contribution in [-0.2, 0) is 39.6 Å². The van der Waals surface area contributed by atoms with Gasteiger partial charge in [0.05, 0.1) is 0 Å². The van der Waals surface area contributed by atoms with E-state index in [9.17, 15) is 0 Å². The first-order valence-electron chi connectivity index (χ1n) is 12.6. The molecule has 0 fully saturated rings. The fourth-order valence-corrected chi connectivity index (χ4v) is 11.2. The molecule has 1 unspecified atom stereocenters. The summed E-state index contributed by atoms with van der Waals surface area (Å²) in [5, 5.41) is 0. The zero-order valence-electron chi connectivity index (χ0n) is 23.1. The topological polar surface area (TPSA) is 0 Å². The minimum atomic E-state index is -3.83. The van der Waals surface area contributed by atoms with Gasteiger partial charge in [0, 0.05) is 0 Å². The fraction of sp³-hybridized carbons (Fsp3) is 0.355. The molecule has 1 atom stereocenters. The molecule has 0 saturated heterocycles. The molecule has 4 aliphatic carbocycles. The van der Waals surface area contributed by atoms with E-state index in [1.807, 2.05) is 20.0 Å². The number of rotatable bonds is 2. The SMILES string of the molecule is CC1=CCC(C2=C(C)C(C)=CC2)=C1C.[CH3][Zr]([CH3])([CH3])([Cl])([Cl])[C]1=CC=CC1.[Cl-].[Cl-].[Zr+2][CH]1C=Cc2ccccc21. The first kappa shape index (κ1) is 35.4. The Morgan fingerprint density at radius 3 is 1.68 bits per heavy atom. The van der Waals surface area contributed by atoms with Crippen molar-refractivity contribution in [3.63, 3.8) is 0 Å². The summed E-state index contributed by atoms with van der Waals surface area (Å²) in [6, 6.07) is 8.60. The van der Waals surface area contributed by atoms with Gasteiger partial charge >= 0.3 is 150 Å². The van der Waals surface area contributed by atoms with Gasteiger partial charge in [-0.15, -0.1) is 0 Å². The Balaban J connectivity index is 0.000000274. The molecule has 5 rings (SSSR count). The van der Waals surface area contributed by atoms with Gasteiger partial charge in [-0.3, -0.25) is 0 Å². The van der Waals surface area contributed by atoms with E-state index in [4.69, 9.17) is 17.0 Å². The monoisotopic (exact) mass is 731 g/mol. The Hall–Kier alpha value is 0.326. The van der Waals surface area contributed by atoms with Gasteiger partial charge in [-0.1, -0.05) is 23.3 Å². The predicted octanol–water partition coefficient (Wildman–Crippen LogP) is 5.14. The summed E-state index contributed by atoms with van der Waals surface area (Å²) in [5.41, 5.74) is 12.0.